The average Bonchev–Trinajstić information content (AvgIpc) is 2.91. The molecule has 0 aliphatic carbocycles. The quantitative estimate of drug-likeness (QED) is 0.676. The van der Waals surface area contributed by atoms with Gasteiger partial charge in [0.25, 0.3) is 5.82 Å². The van der Waals surface area contributed by atoms with E-state index in [-0.39, 0.29) is 5.65 Å². The molecule has 0 amide bonds. The summed E-state index contributed by atoms with van der Waals surface area (Å²) in [6.07, 6.45) is -4.58. The van der Waals surface area contributed by atoms with Gasteiger partial charge < -0.3 is 0 Å². The van der Waals surface area contributed by atoms with Crippen LogP contribution in [0.3, 0.4) is 0 Å². The van der Waals surface area contributed by atoms with Crippen molar-refractivity contribution in [2.75, 3.05) is 0 Å². The Morgan fingerprint density at radius 3 is 2.61 bits per heavy atom. The van der Waals surface area contributed by atoms with Crippen molar-refractivity contribution in [3.05, 3.63) is 52.8 Å². The monoisotopic (exact) mass is 338 g/mol. The minimum atomic E-state index is -4.58. The number of alkyl halides is 3. The lowest BCUT2D eigenvalue weighted by atomic mass is 10.1. The van der Waals surface area contributed by atoms with Crippen LogP contribution in [0.25, 0.3) is 5.65 Å². The fourth-order valence-corrected chi connectivity index (χ4v) is 3.05. The number of hydrogen-bond donors (Lipinski definition) is 0. The fraction of sp³-hybridized carbons (Fsp3) is 0.267. The van der Waals surface area contributed by atoms with Gasteiger partial charge in [-0.15, -0.1) is 10.2 Å². The summed E-state index contributed by atoms with van der Waals surface area (Å²) >= 11 is 1.38. The largest absolute Gasteiger partial charge is 0.453 e. The predicted molar refractivity (Wildman–Crippen MR) is 81.3 cm³/mol. The van der Waals surface area contributed by atoms with Crippen molar-refractivity contribution in [2.24, 2.45) is 0 Å². The molecule has 3 aromatic rings. The van der Waals surface area contributed by atoms with Crippen molar-refractivity contribution < 1.29 is 13.2 Å². The molecular weight excluding hydrogens is 325 g/mol. The summed E-state index contributed by atoms with van der Waals surface area (Å²) in [7, 11) is 0. The van der Waals surface area contributed by atoms with Gasteiger partial charge in [-0.1, -0.05) is 35.5 Å². The first-order valence-corrected chi connectivity index (χ1v) is 7.82. The van der Waals surface area contributed by atoms with E-state index in [9.17, 15) is 13.2 Å². The van der Waals surface area contributed by atoms with Crippen LogP contribution < -0.4 is 0 Å². The second-order valence-corrected chi connectivity index (χ2v) is 6.18. The molecule has 120 valence electrons. The standard InChI is InChI=1S/C15H13F3N4S/c1-9-3-4-10(2)11(7-9)8-23-13-6-5-12-19-20-14(15(16,17)18)22(12)21-13/h3-7H,8H2,1-2H3. The Kier molecular flexibility index (Phi) is 4.01. The van der Waals surface area contributed by atoms with Gasteiger partial charge >= 0.3 is 6.18 Å². The molecule has 0 aliphatic heterocycles. The molecule has 0 N–H and O–H groups in total. The minimum Gasteiger partial charge on any atom is -0.188 e. The molecule has 0 fully saturated rings. The van der Waals surface area contributed by atoms with E-state index in [1.54, 1.807) is 6.07 Å². The molecule has 0 spiro atoms. The van der Waals surface area contributed by atoms with Crippen LogP contribution in [-0.2, 0) is 11.9 Å². The summed E-state index contributed by atoms with van der Waals surface area (Å²) in [5, 5.41) is 11.2. The lowest BCUT2D eigenvalue weighted by Gasteiger charge is -2.07. The molecule has 4 nitrogen and oxygen atoms in total. The average molecular weight is 338 g/mol. The lowest BCUT2D eigenvalue weighted by molar-refractivity contribution is -0.146. The minimum absolute atomic E-state index is 0.0772. The third-order valence-corrected chi connectivity index (χ3v) is 4.34. The zero-order chi connectivity index (χ0) is 16.6. The highest BCUT2D eigenvalue weighted by molar-refractivity contribution is 7.98. The Hall–Kier alpha value is -2.09. The topological polar surface area (TPSA) is 43.1 Å². The second-order valence-electron chi connectivity index (χ2n) is 5.18. The van der Waals surface area contributed by atoms with Crippen molar-refractivity contribution in [2.45, 2.75) is 30.8 Å². The van der Waals surface area contributed by atoms with Gasteiger partial charge in [0.05, 0.1) is 0 Å². The maximum Gasteiger partial charge on any atom is 0.453 e. The second kappa shape index (κ2) is 5.84. The van der Waals surface area contributed by atoms with E-state index in [4.69, 9.17) is 0 Å². The Morgan fingerprint density at radius 2 is 1.87 bits per heavy atom. The van der Waals surface area contributed by atoms with Crippen molar-refractivity contribution in [1.82, 2.24) is 19.8 Å². The van der Waals surface area contributed by atoms with Gasteiger partial charge in [0.1, 0.15) is 5.03 Å². The molecule has 23 heavy (non-hydrogen) atoms. The van der Waals surface area contributed by atoms with Gasteiger partial charge in [-0.05, 0) is 37.1 Å². The number of thioether (sulfide) groups is 1. The highest BCUT2D eigenvalue weighted by Crippen LogP contribution is 2.29. The van der Waals surface area contributed by atoms with Gasteiger partial charge in [-0.3, -0.25) is 0 Å². The van der Waals surface area contributed by atoms with E-state index in [0.29, 0.717) is 10.8 Å². The highest BCUT2D eigenvalue weighted by atomic mass is 32.2. The van der Waals surface area contributed by atoms with Crippen LogP contribution in [0.2, 0.25) is 0 Å². The molecule has 0 unspecified atom stereocenters. The zero-order valence-electron chi connectivity index (χ0n) is 12.4. The van der Waals surface area contributed by atoms with Crippen molar-refractivity contribution in [3.63, 3.8) is 0 Å². The number of fused-ring (bicyclic) bond motifs is 1. The molecule has 0 saturated carbocycles. The summed E-state index contributed by atoms with van der Waals surface area (Å²) in [5.74, 6) is -0.475. The number of benzene rings is 1. The first-order chi connectivity index (χ1) is 10.8. The maximum atomic E-state index is 12.9. The van der Waals surface area contributed by atoms with Crippen molar-refractivity contribution in [3.8, 4) is 0 Å². The molecule has 1 aromatic carbocycles. The molecule has 0 aliphatic rings. The third-order valence-electron chi connectivity index (χ3n) is 3.37. The van der Waals surface area contributed by atoms with E-state index in [1.165, 1.54) is 17.8 Å². The molecular formula is C15H13F3N4S. The number of aromatic nitrogens is 4. The Bertz CT molecular complexity index is 858. The van der Waals surface area contributed by atoms with Crippen LogP contribution in [0.15, 0.2) is 35.4 Å². The first kappa shape index (κ1) is 15.8. The number of halogens is 3. The highest BCUT2D eigenvalue weighted by Gasteiger charge is 2.37. The number of hydrogen-bond acceptors (Lipinski definition) is 4. The van der Waals surface area contributed by atoms with Crippen LogP contribution in [0, 0.1) is 13.8 Å². The van der Waals surface area contributed by atoms with Gasteiger partial charge in [0, 0.05) is 5.75 Å². The first-order valence-electron chi connectivity index (χ1n) is 6.83. The van der Waals surface area contributed by atoms with Gasteiger partial charge in [0.15, 0.2) is 5.65 Å². The molecule has 0 saturated heterocycles. The number of aryl methyl sites for hydroxylation is 2. The van der Waals surface area contributed by atoms with Crippen LogP contribution >= 0.6 is 11.8 Å². The molecule has 2 heterocycles. The van der Waals surface area contributed by atoms with Crippen molar-refractivity contribution >= 4 is 17.4 Å². The zero-order valence-corrected chi connectivity index (χ0v) is 13.2. The molecule has 0 atom stereocenters. The number of nitrogens with zero attached hydrogens (tertiary/aromatic N) is 4. The summed E-state index contributed by atoms with van der Waals surface area (Å²) in [4.78, 5) is 0. The van der Waals surface area contributed by atoms with E-state index < -0.39 is 12.0 Å². The predicted octanol–water partition coefficient (Wildman–Crippen LogP) is 4.05. The molecule has 0 bridgehead atoms. The summed E-state index contributed by atoms with van der Waals surface area (Å²) in [6, 6.07) is 9.27. The van der Waals surface area contributed by atoms with Crippen molar-refractivity contribution in [1.29, 1.82) is 0 Å². The van der Waals surface area contributed by atoms with E-state index in [1.807, 2.05) is 26.0 Å². The van der Waals surface area contributed by atoms with Gasteiger partial charge in [0.2, 0.25) is 0 Å². The summed E-state index contributed by atoms with van der Waals surface area (Å²) < 4.78 is 39.3. The SMILES string of the molecule is Cc1ccc(C)c(CSc2ccc3nnc(C(F)(F)F)n3n2)c1. The van der Waals surface area contributed by atoms with E-state index in [0.717, 1.165) is 21.2 Å². The Labute approximate surface area is 134 Å². The fourth-order valence-electron chi connectivity index (χ4n) is 2.13. The lowest BCUT2D eigenvalue weighted by Crippen LogP contribution is -2.12. The van der Waals surface area contributed by atoms with Crippen LogP contribution in [0.1, 0.15) is 22.5 Å². The Morgan fingerprint density at radius 1 is 1.09 bits per heavy atom. The van der Waals surface area contributed by atoms with Gasteiger partial charge in [-0.25, -0.2) is 0 Å². The summed E-state index contributed by atoms with van der Waals surface area (Å²) in [5.41, 5.74) is 3.50. The molecule has 0 radical (unpaired) electrons. The normalized spacial score (nSPS) is 12.0. The summed E-state index contributed by atoms with van der Waals surface area (Å²) in [6.45, 7) is 4.01. The number of rotatable bonds is 3. The Balaban J connectivity index is 1.87. The molecule has 3 rings (SSSR count). The van der Waals surface area contributed by atoms with Gasteiger partial charge in [-0.2, -0.15) is 22.8 Å². The van der Waals surface area contributed by atoms with E-state index >= 15 is 0 Å². The van der Waals surface area contributed by atoms with Crippen LogP contribution in [-0.4, -0.2) is 19.8 Å². The molecule has 8 heteroatoms. The molecule has 2 aromatic heterocycles. The smallest absolute Gasteiger partial charge is 0.188 e. The van der Waals surface area contributed by atoms with E-state index in [2.05, 4.69) is 21.4 Å². The third kappa shape index (κ3) is 3.31. The van der Waals surface area contributed by atoms with Crippen LogP contribution in [0.4, 0.5) is 13.2 Å². The van der Waals surface area contributed by atoms with Crippen LogP contribution in [0.5, 0.6) is 0 Å². The maximum absolute atomic E-state index is 12.9.